The molecule has 0 N–H and O–H groups in total. The molecule has 0 saturated carbocycles. The molecule has 0 spiro atoms. The minimum Gasteiger partial charge on any atom is -0.466 e. The van der Waals surface area contributed by atoms with E-state index in [1.165, 1.54) is 13.2 Å². The van der Waals surface area contributed by atoms with Gasteiger partial charge in [-0.05, 0) is 0 Å². The van der Waals surface area contributed by atoms with Crippen LogP contribution in [0.5, 0.6) is 0 Å². The molecule has 90 valence electrons. The zero-order chi connectivity index (χ0) is 12.5. The van der Waals surface area contributed by atoms with Crippen molar-refractivity contribution < 1.29 is 19.0 Å². The number of carbonyl (C=O) groups is 1. The van der Waals surface area contributed by atoms with Gasteiger partial charge in [0.25, 0.3) is 0 Å². The third kappa shape index (κ3) is 1.91. The standard InChI is InChI=1S/C13H14O4/c1-13(16-3)10-7-5-4-6-9(10)11(17-13)8-12(14)15-2/h4-8H,1-3H3/b11-8-. The lowest BCUT2D eigenvalue weighted by atomic mass is 10.0. The smallest absolute Gasteiger partial charge is 0.334 e. The maximum absolute atomic E-state index is 11.3. The summed E-state index contributed by atoms with van der Waals surface area (Å²) in [5.74, 6) is -0.830. The summed E-state index contributed by atoms with van der Waals surface area (Å²) < 4.78 is 15.6. The lowest BCUT2D eigenvalue weighted by Crippen LogP contribution is -2.22. The molecule has 17 heavy (non-hydrogen) atoms. The van der Waals surface area contributed by atoms with Crippen molar-refractivity contribution >= 4 is 11.7 Å². The van der Waals surface area contributed by atoms with Crippen molar-refractivity contribution in [2.75, 3.05) is 14.2 Å². The Morgan fingerprint density at radius 3 is 2.71 bits per heavy atom. The molecule has 0 radical (unpaired) electrons. The Kier molecular flexibility index (Phi) is 2.90. The number of methoxy groups -OCH3 is 2. The Morgan fingerprint density at radius 2 is 2.06 bits per heavy atom. The third-order valence-corrected chi connectivity index (χ3v) is 2.83. The first kappa shape index (κ1) is 11.7. The van der Waals surface area contributed by atoms with E-state index in [0.29, 0.717) is 5.76 Å². The first-order chi connectivity index (χ1) is 8.10. The van der Waals surface area contributed by atoms with Gasteiger partial charge in [-0.1, -0.05) is 24.3 Å². The average Bonchev–Trinajstić information content (AvgIpc) is 2.64. The van der Waals surface area contributed by atoms with E-state index in [1.807, 2.05) is 31.2 Å². The third-order valence-electron chi connectivity index (χ3n) is 2.83. The minimum atomic E-state index is -0.851. The van der Waals surface area contributed by atoms with Gasteiger partial charge in [0.05, 0.1) is 13.2 Å². The molecule has 0 aromatic heterocycles. The summed E-state index contributed by atoms with van der Waals surface area (Å²) in [4.78, 5) is 11.3. The molecule has 1 aromatic rings. The van der Waals surface area contributed by atoms with Crippen molar-refractivity contribution in [1.82, 2.24) is 0 Å². The molecule has 1 aromatic carbocycles. The van der Waals surface area contributed by atoms with Crippen molar-refractivity contribution in [2.24, 2.45) is 0 Å². The number of ether oxygens (including phenoxy) is 3. The van der Waals surface area contributed by atoms with Gasteiger partial charge >= 0.3 is 5.97 Å². The largest absolute Gasteiger partial charge is 0.466 e. The van der Waals surface area contributed by atoms with Crippen LogP contribution < -0.4 is 0 Å². The first-order valence-corrected chi connectivity index (χ1v) is 5.24. The van der Waals surface area contributed by atoms with Crippen LogP contribution in [-0.4, -0.2) is 20.2 Å². The molecule has 1 aliphatic heterocycles. The van der Waals surface area contributed by atoms with Crippen molar-refractivity contribution in [3.05, 3.63) is 41.5 Å². The minimum absolute atomic E-state index is 0.449. The highest BCUT2D eigenvalue weighted by atomic mass is 16.7. The van der Waals surface area contributed by atoms with Crippen LogP contribution in [-0.2, 0) is 24.8 Å². The molecule has 1 unspecified atom stereocenters. The van der Waals surface area contributed by atoms with Crippen LogP contribution in [0.15, 0.2) is 30.3 Å². The highest BCUT2D eigenvalue weighted by Crippen LogP contribution is 2.42. The van der Waals surface area contributed by atoms with E-state index in [0.717, 1.165) is 11.1 Å². The summed E-state index contributed by atoms with van der Waals surface area (Å²) in [6, 6.07) is 7.58. The number of fused-ring (bicyclic) bond motifs is 1. The number of esters is 1. The van der Waals surface area contributed by atoms with Crippen molar-refractivity contribution in [1.29, 1.82) is 0 Å². The molecule has 0 fully saturated rings. The van der Waals surface area contributed by atoms with Crippen molar-refractivity contribution in [2.45, 2.75) is 12.7 Å². The van der Waals surface area contributed by atoms with Gasteiger partial charge < -0.3 is 14.2 Å². The van der Waals surface area contributed by atoms with Crippen LogP contribution in [0.25, 0.3) is 5.76 Å². The Hall–Kier alpha value is -1.81. The van der Waals surface area contributed by atoms with Gasteiger partial charge in [0.1, 0.15) is 5.76 Å². The molecule has 4 heteroatoms. The number of rotatable bonds is 2. The van der Waals surface area contributed by atoms with Gasteiger partial charge in [0, 0.05) is 25.2 Å². The molecule has 1 aliphatic rings. The number of hydrogen-bond acceptors (Lipinski definition) is 4. The lowest BCUT2D eigenvalue weighted by Gasteiger charge is -2.22. The van der Waals surface area contributed by atoms with Gasteiger partial charge in [-0.3, -0.25) is 0 Å². The van der Waals surface area contributed by atoms with E-state index < -0.39 is 11.8 Å². The molecule has 2 rings (SSSR count). The SMILES string of the molecule is COC(=O)/C=C1\OC(C)(OC)c2ccccc21. The predicted octanol–water partition coefficient (Wildman–Crippen LogP) is 2.05. The second kappa shape index (κ2) is 4.22. The highest BCUT2D eigenvalue weighted by Gasteiger charge is 2.39. The van der Waals surface area contributed by atoms with Gasteiger partial charge in [0.15, 0.2) is 0 Å². The van der Waals surface area contributed by atoms with Crippen LogP contribution in [0, 0.1) is 0 Å². The van der Waals surface area contributed by atoms with E-state index >= 15 is 0 Å². The number of hydrogen-bond donors (Lipinski definition) is 0. The van der Waals surface area contributed by atoms with E-state index in [1.54, 1.807) is 7.11 Å². The topological polar surface area (TPSA) is 44.8 Å². The van der Waals surface area contributed by atoms with Gasteiger partial charge in [-0.15, -0.1) is 0 Å². The molecular formula is C13H14O4. The van der Waals surface area contributed by atoms with Gasteiger partial charge in [-0.2, -0.15) is 0 Å². The predicted molar refractivity (Wildman–Crippen MR) is 61.9 cm³/mol. The Labute approximate surface area is 99.8 Å². The fourth-order valence-corrected chi connectivity index (χ4v) is 1.84. The Bertz CT molecular complexity index is 478. The van der Waals surface area contributed by atoms with Crippen LogP contribution in [0.3, 0.4) is 0 Å². The molecular weight excluding hydrogens is 220 g/mol. The highest BCUT2D eigenvalue weighted by molar-refractivity contribution is 5.91. The fourth-order valence-electron chi connectivity index (χ4n) is 1.84. The Balaban J connectivity index is 2.49. The number of carbonyl (C=O) groups excluding carboxylic acids is 1. The Morgan fingerprint density at radius 1 is 1.35 bits per heavy atom. The normalized spacial score (nSPS) is 24.3. The molecule has 0 saturated heterocycles. The summed E-state index contributed by atoms with van der Waals surface area (Å²) in [6.07, 6.45) is 1.32. The van der Waals surface area contributed by atoms with Crippen molar-refractivity contribution in [3.63, 3.8) is 0 Å². The summed E-state index contributed by atoms with van der Waals surface area (Å²) in [6.45, 7) is 1.81. The van der Waals surface area contributed by atoms with E-state index in [4.69, 9.17) is 9.47 Å². The van der Waals surface area contributed by atoms with Crippen molar-refractivity contribution in [3.8, 4) is 0 Å². The first-order valence-electron chi connectivity index (χ1n) is 5.24. The summed E-state index contributed by atoms with van der Waals surface area (Å²) in [7, 11) is 2.90. The van der Waals surface area contributed by atoms with E-state index in [2.05, 4.69) is 4.74 Å². The summed E-state index contributed by atoms with van der Waals surface area (Å²) >= 11 is 0. The monoisotopic (exact) mass is 234 g/mol. The molecule has 1 heterocycles. The molecule has 1 atom stereocenters. The fraction of sp³-hybridized carbons (Fsp3) is 0.308. The molecule has 0 amide bonds. The summed E-state index contributed by atoms with van der Waals surface area (Å²) in [5, 5.41) is 0. The van der Waals surface area contributed by atoms with Crippen LogP contribution in [0.2, 0.25) is 0 Å². The van der Waals surface area contributed by atoms with Gasteiger partial charge in [0.2, 0.25) is 5.79 Å². The molecule has 0 aliphatic carbocycles. The van der Waals surface area contributed by atoms with Crippen LogP contribution in [0.4, 0.5) is 0 Å². The maximum Gasteiger partial charge on any atom is 0.334 e. The lowest BCUT2D eigenvalue weighted by molar-refractivity contribution is -0.166. The van der Waals surface area contributed by atoms with E-state index in [9.17, 15) is 4.79 Å². The zero-order valence-electron chi connectivity index (χ0n) is 10.0. The maximum atomic E-state index is 11.3. The van der Waals surface area contributed by atoms with E-state index in [-0.39, 0.29) is 0 Å². The second-order valence-corrected chi connectivity index (χ2v) is 3.83. The average molecular weight is 234 g/mol. The molecule has 4 nitrogen and oxygen atoms in total. The molecule has 0 bridgehead atoms. The van der Waals surface area contributed by atoms with Crippen LogP contribution in [0.1, 0.15) is 18.1 Å². The quantitative estimate of drug-likeness (QED) is 0.580. The zero-order valence-corrected chi connectivity index (χ0v) is 10.0. The van der Waals surface area contributed by atoms with Gasteiger partial charge in [-0.25, -0.2) is 4.79 Å². The summed E-state index contributed by atoms with van der Waals surface area (Å²) in [5.41, 5.74) is 1.75. The number of benzene rings is 1. The van der Waals surface area contributed by atoms with Crippen LogP contribution >= 0.6 is 0 Å². The second-order valence-electron chi connectivity index (χ2n) is 3.83.